The average Bonchev–Trinajstić information content (AvgIpc) is 3.17. The standard InChI is InChI=1S/C61H71ClF3N11O8S/c1-37-40(9-7-10-49(37)57(80)71-45-30-43(61(63,64)65)29-44(62)31-45)15-16-46-33-68-51-17-18-52(73-76(46)51)74-25-20-48(21-26-74)84-27-8-22-67-53(78)19-23-66-24-28-83-35-54(79)72-56(60(4,5)6)59(82)75-34-47(77)32-50(75)58(81)70-38(2)41-11-13-42(14-12-41)55-39(3)69-36-85-55/h7,9-14,17-18,29-31,33,36,38,47-48,50,56,66,77H,8,19-28,32,34-35H2,1-6H3,(H,67,78)(H,70,81)(H,71,80)(H,72,79)/t38-,47+,50-,56+/m0/s1. The molecule has 5 amide bonds. The van der Waals surface area contributed by atoms with Crippen molar-refractivity contribution in [3.05, 3.63) is 129 Å². The molecule has 6 aromatic rings. The Bertz CT molecular complexity index is 3410. The van der Waals surface area contributed by atoms with E-state index in [0.29, 0.717) is 68.2 Å². The van der Waals surface area contributed by atoms with Crippen molar-refractivity contribution in [2.24, 2.45) is 5.41 Å². The van der Waals surface area contributed by atoms with Gasteiger partial charge in [0, 0.05) is 80.6 Å². The maximum absolute atomic E-state index is 14.1. The number of hydrogen-bond acceptors (Lipinski definition) is 14. The molecular formula is C61H71ClF3N11O8S. The zero-order valence-electron chi connectivity index (χ0n) is 48.3. The molecule has 8 rings (SSSR count). The molecule has 0 spiro atoms. The van der Waals surface area contributed by atoms with Gasteiger partial charge in [0.25, 0.3) is 5.91 Å². The average molecular weight is 1210 g/mol. The van der Waals surface area contributed by atoms with Gasteiger partial charge in [-0.1, -0.05) is 68.6 Å². The Morgan fingerprint density at radius 2 is 1.67 bits per heavy atom. The van der Waals surface area contributed by atoms with Crippen LogP contribution in [-0.2, 0) is 34.8 Å². The van der Waals surface area contributed by atoms with Crippen molar-refractivity contribution >= 4 is 69.6 Å². The monoisotopic (exact) mass is 1210 g/mol. The van der Waals surface area contributed by atoms with E-state index in [-0.39, 0.29) is 66.9 Å². The van der Waals surface area contributed by atoms with Crippen LogP contribution in [0, 0.1) is 31.1 Å². The third-order valence-electron chi connectivity index (χ3n) is 14.7. The van der Waals surface area contributed by atoms with Gasteiger partial charge in [0.15, 0.2) is 5.65 Å². The number of rotatable bonds is 22. The molecule has 4 atom stereocenters. The summed E-state index contributed by atoms with van der Waals surface area (Å²) >= 11 is 7.48. The fourth-order valence-electron chi connectivity index (χ4n) is 10.0. The highest BCUT2D eigenvalue weighted by Crippen LogP contribution is 2.34. The van der Waals surface area contributed by atoms with Gasteiger partial charge in [-0.25, -0.2) is 14.5 Å². The maximum Gasteiger partial charge on any atom is 0.416 e. The minimum absolute atomic E-state index is 0.0439. The number of aliphatic hydroxyl groups is 1. The number of carbonyl (C=O) groups is 5. The first-order valence-electron chi connectivity index (χ1n) is 28.2. The molecule has 5 heterocycles. The number of hydrogen-bond donors (Lipinski definition) is 6. The fourth-order valence-corrected chi connectivity index (χ4v) is 11.1. The molecule has 3 aromatic heterocycles. The topological polar surface area (TPSA) is 234 Å². The molecule has 2 fully saturated rings. The van der Waals surface area contributed by atoms with Gasteiger partial charge in [-0.05, 0) is 111 Å². The normalized spacial score (nSPS) is 16.4. The predicted molar refractivity (Wildman–Crippen MR) is 318 cm³/mol. The number of halogens is 4. The van der Waals surface area contributed by atoms with Crippen molar-refractivity contribution in [3.8, 4) is 22.3 Å². The van der Waals surface area contributed by atoms with Gasteiger partial charge < -0.3 is 51.0 Å². The van der Waals surface area contributed by atoms with Crippen molar-refractivity contribution in [3.63, 3.8) is 0 Å². The number of β-amino-alcohol motifs (C(OH)–C–C–N with tert-alkyl or cyclic N) is 1. The van der Waals surface area contributed by atoms with E-state index < -0.39 is 59.0 Å². The summed E-state index contributed by atoms with van der Waals surface area (Å²) in [5.41, 5.74) is 5.30. The van der Waals surface area contributed by atoms with Crippen molar-refractivity contribution in [2.45, 2.75) is 110 Å². The highest BCUT2D eigenvalue weighted by Gasteiger charge is 2.45. The number of aryl methyl sites for hydroxylation is 1. The Labute approximate surface area is 500 Å². The summed E-state index contributed by atoms with van der Waals surface area (Å²) in [6.45, 7) is 14.0. The van der Waals surface area contributed by atoms with E-state index in [1.165, 1.54) is 11.0 Å². The summed E-state index contributed by atoms with van der Waals surface area (Å²) < 4.78 is 53.5. The van der Waals surface area contributed by atoms with Crippen LogP contribution in [0.25, 0.3) is 16.1 Å². The van der Waals surface area contributed by atoms with Crippen LogP contribution in [0.2, 0.25) is 5.02 Å². The number of piperidine rings is 1. The lowest BCUT2D eigenvalue weighted by atomic mass is 9.85. The van der Waals surface area contributed by atoms with Crippen LogP contribution in [0.15, 0.2) is 84.5 Å². The highest BCUT2D eigenvalue weighted by atomic mass is 35.5. The van der Waals surface area contributed by atoms with Gasteiger partial charge in [-0.2, -0.15) is 13.2 Å². The Morgan fingerprint density at radius 3 is 2.39 bits per heavy atom. The molecule has 2 aliphatic heterocycles. The van der Waals surface area contributed by atoms with Gasteiger partial charge in [0.1, 0.15) is 30.2 Å². The molecule has 6 N–H and O–H groups in total. The summed E-state index contributed by atoms with van der Waals surface area (Å²) in [5, 5.41) is 29.7. The Balaban J connectivity index is 0.689. The number of alkyl halides is 3. The SMILES string of the molecule is Cc1ncsc1-c1ccc([C@H](C)NC(=O)[C@@H]2C[C@@H](O)CN2C(=O)[C@@H](NC(=O)COCCNCCC(=O)NCCCOC2CCN(c3ccc4ncc(C#Cc5cccc(C(=O)Nc6cc(Cl)cc(C(F)(F)F)c6)c5C)n4n3)CC2)C(C)(C)C)cc1. The summed E-state index contributed by atoms with van der Waals surface area (Å²) in [6, 6.07) is 17.2. The lowest BCUT2D eigenvalue weighted by molar-refractivity contribution is -0.144. The van der Waals surface area contributed by atoms with E-state index in [1.54, 1.807) is 52.7 Å². The van der Waals surface area contributed by atoms with E-state index in [9.17, 15) is 42.3 Å². The summed E-state index contributed by atoms with van der Waals surface area (Å²) in [4.78, 5) is 80.0. The van der Waals surface area contributed by atoms with E-state index in [2.05, 4.69) is 53.3 Å². The molecule has 24 heteroatoms. The highest BCUT2D eigenvalue weighted by molar-refractivity contribution is 7.13. The van der Waals surface area contributed by atoms with Crippen LogP contribution in [0.3, 0.4) is 0 Å². The molecule has 0 unspecified atom stereocenters. The van der Waals surface area contributed by atoms with Crippen LogP contribution >= 0.6 is 22.9 Å². The van der Waals surface area contributed by atoms with Crippen molar-refractivity contribution in [1.29, 1.82) is 0 Å². The number of thiazole rings is 1. The van der Waals surface area contributed by atoms with Crippen LogP contribution in [0.5, 0.6) is 0 Å². The number of anilines is 2. The van der Waals surface area contributed by atoms with E-state index in [0.717, 1.165) is 52.5 Å². The van der Waals surface area contributed by atoms with Gasteiger partial charge in [0.05, 0.1) is 52.7 Å². The Morgan fingerprint density at radius 1 is 0.906 bits per heavy atom. The number of aliphatic hydroxyl groups excluding tert-OH is 1. The van der Waals surface area contributed by atoms with Crippen LogP contribution < -0.4 is 31.5 Å². The fraction of sp³-hybridized carbons (Fsp3) is 0.443. The largest absolute Gasteiger partial charge is 0.416 e. The molecular weight excluding hydrogens is 1140 g/mol. The lowest BCUT2D eigenvalue weighted by Gasteiger charge is -2.35. The first-order valence-corrected chi connectivity index (χ1v) is 29.4. The van der Waals surface area contributed by atoms with Crippen LogP contribution in [0.4, 0.5) is 24.7 Å². The molecule has 452 valence electrons. The van der Waals surface area contributed by atoms with E-state index >= 15 is 0 Å². The van der Waals surface area contributed by atoms with Crippen molar-refractivity contribution in [2.75, 3.05) is 69.3 Å². The number of aromatic nitrogens is 4. The number of nitrogens with one attached hydrogen (secondary N) is 5. The van der Waals surface area contributed by atoms with Crippen molar-refractivity contribution < 1.29 is 51.7 Å². The summed E-state index contributed by atoms with van der Waals surface area (Å²) in [7, 11) is 0. The number of carbonyl (C=O) groups excluding carboxylic acids is 5. The Kier molecular flexibility index (Phi) is 21.4. The summed E-state index contributed by atoms with van der Waals surface area (Å²) in [5.74, 6) is 4.87. The Hall–Kier alpha value is -7.46. The van der Waals surface area contributed by atoms with Gasteiger partial charge in [-0.15, -0.1) is 16.4 Å². The zero-order chi connectivity index (χ0) is 61.0. The second-order valence-corrected chi connectivity index (χ2v) is 23.5. The number of ether oxygens (including phenoxy) is 2. The predicted octanol–water partition coefficient (Wildman–Crippen LogP) is 7.65. The minimum Gasteiger partial charge on any atom is -0.391 e. The second-order valence-electron chi connectivity index (χ2n) is 22.2. The van der Waals surface area contributed by atoms with Crippen molar-refractivity contribution in [1.82, 2.24) is 45.7 Å². The molecule has 0 radical (unpaired) electrons. The van der Waals surface area contributed by atoms with Gasteiger partial charge >= 0.3 is 6.18 Å². The smallest absolute Gasteiger partial charge is 0.391 e. The molecule has 85 heavy (non-hydrogen) atoms. The number of nitrogens with zero attached hydrogens (tertiary/aromatic N) is 6. The van der Waals surface area contributed by atoms with E-state index in [1.807, 2.05) is 71.0 Å². The summed E-state index contributed by atoms with van der Waals surface area (Å²) in [6.07, 6.45) is -1.36. The zero-order valence-corrected chi connectivity index (χ0v) is 49.8. The maximum atomic E-state index is 14.1. The number of amides is 5. The molecule has 2 saturated heterocycles. The van der Waals surface area contributed by atoms with Gasteiger partial charge in [0.2, 0.25) is 23.6 Å². The molecule has 19 nitrogen and oxygen atoms in total. The molecule has 2 aliphatic rings. The van der Waals surface area contributed by atoms with E-state index in [4.69, 9.17) is 26.2 Å². The molecule has 0 bridgehead atoms. The number of likely N-dealkylation sites (tertiary alicyclic amines) is 1. The molecule has 0 saturated carbocycles. The number of benzene rings is 3. The number of fused-ring (bicyclic) bond motifs is 1. The number of imidazole rings is 1. The van der Waals surface area contributed by atoms with Crippen LogP contribution in [0.1, 0.15) is 110 Å². The third-order valence-corrected chi connectivity index (χ3v) is 15.9. The minimum atomic E-state index is -4.64. The lowest BCUT2D eigenvalue weighted by Crippen LogP contribution is -2.58. The molecule has 3 aromatic carbocycles. The van der Waals surface area contributed by atoms with Gasteiger partial charge in [-0.3, -0.25) is 24.0 Å². The first-order chi connectivity index (χ1) is 40.5. The molecule has 0 aliphatic carbocycles. The first kappa shape index (κ1) is 63.6. The second kappa shape index (κ2) is 28.6. The third kappa shape index (κ3) is 17.1. The van der Waals surface area contributed by atoms with Crippen LogP contribution in [-0.4, -0.2) is 143 Å². The quantitative estimate of drug-likeness (QED) is 0.0284.